The van der Waals surface area contributed by atoms with Crippen LogP contribution in [-0.2, 0) is 9.47 Å². The molecule has 3 saturated carbocycles. The van der Waals surface area contributed by atoms with Crippen molar-refractivity contribution < 1.29 is 14.6 Å². The number of nitrogens with zero attached hydrogens (tertiary/aromatic N) is 1. The number of aliphatic hydroxyl groups excluding tert-OH is 1. The van der Waals surface area contributed by atoms with Crippen molar-refractivity contribution in [2.75, 3.05) is 6.54 Å². The van der Waals surface area contributed by atoms with Gasteiger partial charge in [-0.15, -0.1) is 0 Å². The number of epoxide rings is 1. The van der Waals surface area contributed by atoms with Gasteiger partial charge >= 0.3 is 0 Å². The molecule has 4 aliphatic carbocycles. The van der Waals surface area contributed by atoms with Gasteiger partial charge in [-0.05, 0) is 87.4 Å². The van der Waals surface area contributed by atoms with E-state index in [0.29, 0.717) is 23.7 Å². The molecular weight excluding hydrogens is 400 g/mol. The summed E-state index contributed by atoms with van der Waals surface area (Å²) < 4.78 is 14.2. The Kier molecular flexibility index (Phi) is 3.39. The van der Waals surface area contributed by atoms with Gasteiger partial charge in [0, 0.05) is 12.8 Å². The van der Waals surface area contributed by atoms with E-state index < -0.39 is 0 Å². The number of aliphatic hydroxyl groups is 1. The average molecular weight is 439 g/mol. The predicted octanol–water partition coefficient (Wildman–Crippen LogP) is 3.61. The van der Waals surface area contributed by atoms with Gasteiger partial charge in [0.25, 0.3) is 0 Å². The number of rotatable bonds is 0. The number of allylic oxidation sites excluding steroid dienone is 1. The van der Waals surface area contributed by atoms with Crippen LogP contribution >= 0.6 is 0 Å². The fraction of sp³-hybridized carbons (Fsp3) is 0.889. The van der Waals surface area contributed by atoms with E-state index in [4.69, 9.17) is 14.5 Å². The zero-order valence-electron chi connectivity index (χ0n) is 19.8. The summed E-state index contributed by atoms with van der Waals surface area (Å²) in [6, 6.07) is 0. The van der Waals surface area contributed by atoms with E-state index >= 15 is 0 Å². The average Bonchev–Trinajstić information content (AvgIpc) is 3.15. The number of nitrogens with one attached hydrogen (secondary N) is 1. The van der Waals surface area contributed by atoms with Crippen LogP contribution in [0, 0.1) is 35.0 Å². The van der Waals surface area contributed by atoms with Gasteiger partial charge < -0.3 is 14.6 Å². The van der Waals surface area contributed by atoms with Crippen LogP contribution in [0.15, 0.2) is 16.6 Å². The van der Waals surface area contributed by atoms with Gasteiger partial charge in [-0.3, -0.25) is 10.3 Å². The molecule has 8 aliphatic rings. The maximum Gasteiger partial charge on any atom is 0.147 e. The van der Waals surface area contributed by atoms with E-state index in [9.17, 15) is 5.11 Å². The molecule has 32 heavy (non-hydrogen) atoms. The van der Waals surface area contributed by atoms with Gasteiger partial charge in [-0.1, -0.05) is 25.5 Å². The molecule has 5 nitrogen and oxygen atoms in total. The first kappa shape index (κ1) is 19.5. The lowest BCUT2D eigenvalue weighted by Gasteiger charge is -2.50. The van der Waals surface area contributed by atoms with Crippen molar-refractivity contribution in [3.05, 3.63) is 11.6 Å². The summed E-state index contributed by atoms with van der Waals surface area (Å²) in [5, 5.41) is 14.1. The standard InChI is InChI=1S/C27H38N2O3/c1-15-10-22-27(28-13-15)21(14-29-27)25(31-22)9-7-19-18-5-4-16-11-17(30)6-8-23(16,2)20(18)12-26(19)24(25,3)32-26/h4,14-15,17-22,28,30H,5-13H2,1-3H3/t15-,17-,18-,19?,20?,21-,22?,23-,24?,25+,26?,27+/m0/s1. The normalized spacial score (nSPS) is 65.6. The Morgan fingerprint density at radius 2 is 2.03 bits per heavy atom. The molecule has 3 saturated heterocycles. The summed E-state index contributed by atoms with van der Waals surface area (Å²) in [7, 11) is 0. The highest BCUT2D eigenvalue weighted by Gasteiger charge is 2.89. The number of hydrogen-bond acceptors (Lipinski definition) is 5. The summed E-state index contributed by atoms with van der Waals surface area (Å²) in [5.41, 5.74) is 1.15. The highest BCUT2D eigenvalue weighted by molar-refractivity contribution is 5.75. The zero-order chi connectivity index (χ0) is 21.7. The van der Waals surface area contributed by atoms with Crippen LogP contribution in [-0.4, -0.2) is 52.5 Å². The molecule has 6 fully saturated rings. The first-order chi connectivity index (χ1) is 15.3. The van der Waals surface area contributed by atoms with Crippen LogP contribution < -0.4 is 5.32 Å². The van der Waals surface area contributed by atoms with Crippen molar-refractivity contribution in [2.24, 2.45) is 40.0 Å². The predicted molar refractivity (Wildman–Crippen MR) is 121 cm³/mol. The molecule has 2 N–H and O–H groups in total. The lowest BCUT2D eigenvalue weighted by Crippen LogP contribution is -2.68. The third kappa shape index (κ3) is 1.85. The SMILES string of the molecule is C[C@@H]1CN[C@@]23N=C[C@H]2[C@@]2(CCC4[C@@H]5CC=C6C[C@@H](O)CC[C@]6(C)C5CC45OC52C)OC3C1. The highest BCUT2D eigenvalue weighted by Crippen LogP contribution is 2.79. The van der Waals surface area contributed by atoms with Gasteiger partial charge in [-0.25, -0.2) is 0 Å². The number of aliphatic imine (C=N–C) groups is 1. The number of hydrogen-bond donors (Lipinski definition) is 2. The van der Waals surface area contributed by atoms with Gasteiger partial charge in [0.05, 0.1) is 18.1 Å². The van der Waals surface area contributed by atoms with E-state index in [1.54, 1.807) is 0 Å². The summed E-state index contributed by atoms with van der Waals surface area (Å²) in [4.78, 5) is 4.93. The highest BCUT2D eigenvalue weighted by atomic mass is 16.7. The van der Waals surface area contributed by atoms with Crippen LogP contribution in [0.4, 0.5) is 0 Å². The Labute approximate surface area is 191 Å². The molecule has 0 aromatic heterocycles. The fourth-order valence-electron chi connectivity index (χ4n) is 10.4. The number of piperidine rings is 1. The Balaban J connectivity index is 1.16. The second-order valence-corrected chi connectivity index (χ2v) is 13.2. The molecule has 0 aromatic rings. The maximum absolute atomic E-state index is 10.3. The third-order valence-corrected chi connectivity index (χ3v) is 12.2. The third-order valence-electron chi connectivity index (χ3n) is 12.2. The van der Waals surface area contributed by atoms with Crippen molar-refractivity contribution in [2.45, 2.75) is 107 Å². The summed E-state index contributed by atoms with van der Waals surface area (Å²) in [5.74, 6) is 3.04. The quantitative estimate of drug-likeness (QED) is 0.448. The minimum absolute atomic E-state index is 0.0212. The fourth-order valence-corrected chi connectivity index (χ4v) is 10.4. The molecule has 0 bridgehead atoms. The molecule has 4 heterocycles. The van der Waals surface area contributed by atoms with Crippen molar-refractivity contribution in [3.63, 3.8) is 0 Å². The molecular formula is C27H38N2O3. The second kappa shape index (κ2) is 5.56. The van der Waals surface area contributed by atoms with Crippen molar-refractivity contribution in [1.29, 1.82) is 0 Å². The van der Waals surface area contributed by atoms with E-state index in [-0.39, 0.29) is 40.1 Å². The first-order valence-corrected chi connectivity index (χ1v) is 13.3. The van der Waals surface area contributed by atoms with Crippen molar-refractivity contribution in [3.8, 4) is 0 Å². The molecule has 174 valence electrons. The van der Waals surface area contributed by atoms with Crippen LogP contribution in [0.3, 0.4) is 0 Å². The van der Waals surface area contributed by atoms with E-state index in [2.05, 4.69) is 38.4 Å². The molecule has 3 spiro atoms. The number of fused-ring (bicyclic) bond motifs is 6. The molecule has 5 unspecified atom stereocenters. The monoisotopic (exact) mass is 438 g/mol. The van der Waals surface area contributed by atoms with Crippen molar-refractivity contribution in [1.82, 2.24) is 5.32 Å². The largest absolute Gasteiger partial charge is 0.393 e. The Bertz CT molecular complexity index is 965. The summed E-state index contributed by atoms with van der Waals surface area (Å²) in [6.45, 7) is 8.27. The summed E-state index contributed by atoms with van der Waals surface area (Å²) in [6.07, 6.45) is 13.5. The molecule has 0 radical (unpaired) electrons. The molecule has 12 atom stereocenters. The Morgan fingerprint density at radius 3 is 2.84 bits per heavy atom. The van der Waals surface area contributed by atoms with E-state index in [0.717, 1.165) is 44.6 Å². The summed E-state index contributed by atoms with van der Waals surface area (Å²) >= 11 is 0. The van der Waals surface area contributed by atoms with Crippen molar-refractivity contribution >= 4 is 6.21 Å². The van der Waals surface area contributed by atoms with Gasteiger partial charge in [-0.2, -0.15) is 0 Å². The molecule has 4 aliphatic heterocycles. The van der Waals surface area contributed by atoms with Crippen LogP contribution in [0.25, 0.3) is 0 Å². The minimum Gasteiger partial charge on any atom is -0.393 e. The molecule has 0 aromatic carbocycles. The zero-order valence-corrected chi connectivity index (χ0v) is 19.8. The molecule has 8 rings (SSSR count). The first-order valence-electron chi connectivity index (χ1n) is 13.3. The number of ether oxygens (including phenoxy) is 2. The van der Waals surface area contributed by atoms with Gasteiger partial charge in [0.2, 0.25) is 0 Å². The van der Waals surface area contributed by atoms with Gasteiger partial charge in [0.1, 0.15) is 22.5 Å². The van der Waals surface area contributed by atoms with Crippen LogP contribution in [0.1, 0.15) is 72.1 Å². The maximum atomic E-state index is 10.3. The Morgan fingerprint density at radius 1 is 1.16 bits per heavy atom. The second-order valence-electron chi connectivity index (χ2n) is 13.2. The van der Waals surface area contributed by atoms with E-state index in [1.165, 1.54) is 24.8 Å². The molecule has 5 heteroatoms. The topological polar surface area (TPSA) is 66.4 Å². The van der Waals surface area contributed by atoms with Crippen LogP contribution in [0.2, 0.25) is 0 Å². The van der Waals surface area contributed by atoms with Gasteiger partial charge in [0.15, 0.2) is 0 Å². The smallest absolute Gasteiger partial charge is 0.147 e. The lowest BCUT2D eigenvalue weighted by atomic mass is 9.56. The molecule has 0 amide bonds. The lowest BCUT2D eigenvalue weighted by molar-refractivity contribution is -0.117. The Hall–Kier alpha value is -0.750. The minimum atomic E-state index is -0.222. The van der Waals surface area contributed by atoms with Crippen LogP contribution in [0.5, 0.6) is 0 Å². The van der Waals surface area contributed by atoms with E-state index in [1.807, 2.05) is 0 Å².